The van der Waals surface area contributed by atoms with Crippen molar-refractivity contribution in [2.24, 2.45) is 0 Å². The van der Waals surface area contributed by atoms with Crippen molar-refractivity contribution < 1.29 is 0 Å². The van der Waals surface area contributed by atoms with Crippen LogP contribution in [0.15, 0.2) is 26.9 Å². The zero-order valence-electron chi connectivity index (χ0n) is 7.38. The molecule has 2 rings (SSSR count). The van der Waals surface area contributed by atoms with Gasteiger partial charge < -0.3 is 0 Å². The first-order valence-corrected chi connectivity index (χ1v) is 5.93. The average molecular weight is 256 g/mol. The van der Waals surface area contributed by atoms with E-state index in [2.05, 4.69) is 46.0 Å². The van der Waals surface area contributed by atoms with Gasteiger partial charge in [-0.15, -0.1) is 0 Å². The molecule has 2 heterocycles. The number of aryl methyl sites for hydroxylation is 1. The van der Waals surface area contributed by atoms with Crippen LogP contribution in [-0.2, 0) is 12.8 Å². The van der Waals surface area contributed by atoms with Crippen LogP contribution < -0.4 is 0 Å². The van der Waals surface area contributed by atoms with Crippen LogP contribution in [0.2, 0.25) is 0 Å². The molecule has 3 heteroatoms. The number of aromatic nitrogens is 1. The molecule has 0 saturated heterocycles. The first-order chi connectivity index (χ1) is 6.29. The Morgan fingerprint density at radius 1 is 1.54 bits per heavy atom. The van der Waals surface area contributed by atoms with Gasteiger partial charge in [-0.2, -0.15) is 0 Å². The van der Waals surface area contributed by atoms with Gasteiger partial charge in [0.25, 0.3) is 0 Å². The van der Waals surface area contributed by atoms with Crippen molar-refractivity contribution in [3.63, 3.8) is 0 Å². The normalized spacial score (nSPS) is 15.1. The zero-order valence-corrected chi connectivity index (χ0v) is 9.78. The van der Waals surface area contributed by atoms with Crippen LogP contribution in [0.25, 0.3) is 0 Å². The summed E-state index contributed by atoms with van der Waals surface area (Å²) in [5.74, 6) is 0. The van der Waals surface area contributed by atoms with E-state index in [0.29, 0.717) is 0 Å². The largest absolute Gasteiger partial charge is 0.256 e. The number of fused-ring (bicyclic) bond motifs is 1. The van der Waals surface area contributed by atoms with Crippen LogP contribution >= 0.6 is 27.7 Å². The molecule has 0 bridgehead atoms. The summed E-state index contributed by atoms with van der Waals surface area (Å²) in [4.78, 5) is 5.86. The predicted octanol–water partition coefficient (Wildman–Crippen LogP) is 3.53. The van der Waals surface area contributed by atoms with Gasteiger partial charge in [0.05, 0.1) is 9.51 Å². The zero-order chi connectivity index (χ0) is 9.26. The SMILES string of the molecule is CCc1ccc2c(n1)CC=C(Br)S2. The molecule has 0 aliphatic carbocycles. The summed E-state index contributed by atoms with van der Waals surface area (Å²) in [6.45, 7) is 2.14. The predicted molar refractivity (Wildman–Crippen MR) is 60.2 cm³/mol. The second-order valence-electron chi connectivity index (χ2n) is 2.92. The summed E-state index contributed by atoms with van der Waals surface area (Å²) < 4.78 is 1.20. The standard InChI is InChI=1S/C10H10BrNS/c1-2-7-3-5-9-8(12-7)4-6-10(11)13-9/h3,5-6H,2,4H2,1H3. The van der Waals surface area contributed by atoms with Gasteiger partial charge in [-0.1, -0.05) is 24.8 Å². The lowest BCUT2D eigenvalue weighted by molar-refractivity contribution is 0.944. The van der Waals surface area contributed by atoms with Crippen molar-refractivity contribution in [3.05, 3.63) is 33.4 Å². The van der Waals surface area contributed by atoms with Gasteiger partial charge in [-0.05, 0) is 34.5 Å². The molecule has 13 heavy (non-hydrogen) atoms. The highest BCUT2D eigenvalue weighted by Gasteiger charge is 2.11. The summed E-state index contributed by atoms with van der Waals surface area (Å²) in [5, 5.41) is 0. The van der Waals surface area contributed by atoms with E-state index in [9.17, 15) is 0 Å². The smallest absolute Gasteiger partial charge is 0.0584 e. The van der Waals surface area contributed by atoms with E-state index in [1.54, 1.807) is 11.8 Å². The molecule has 0 unspecified atom stereocenters. The fourth-order valence-electron chi connectivity index (χ4n) is 1.29. The minimum Gasteiger partial charge on any atom is -0.256 e. The van der Waals surface area contributed by atoms with Gasteiger partial charge in [0.2, 0.25) is 0 Å². The maximum atomic E-state index is 4.58. The van der Waals surface area contributed by atoms with Crippen LogP contribution in [0.3, 0.4) is 0 Å². The molecule has 0 N–H and O–H groups in total. The minimum absolute atomic E-state index is 0.955. The summed E-state index contributed by atoms with van der Waals surface area (Å²) in [6.07, 6.45) is 4.14. The number of allylic oxidation sites excluding steroid dienone is 1. The van der Waals surface area contributed by atoms with Crippen molar-refractivity contribution in [2.75, 3.05) is 0 Å². The van der Waals surface area contributed by atoms with Crippen molar-refractivity contribution in [3.8, 4) is 0 Å². The van der Waals surface area contributed by atoms with Crippen LogP contribution in [0.4, 0.5) is 0 Å². The molecule has 0 saturated carbocycles. The molecule has 0 atom stereocenters. The fraction of sp³-hybridized carbons (Fsp3) is 0.300. The molecule has 0 spiro atoms. The Kier molecular flexibility index (Phi) is 2.74. The molecule has 0 radical (unpaired) electrons. The Hall–Kier alpha value is -0.280. The monoisotopic (exact) mass is 255 g/mol. The number of halogens is 1. The topological polar surface area (TPSA) is 12.9 Å². The van der Waals surface area contributed by atoms with E-state index in [0.717, 1.165) is 12.8 Å². The van der Waals surface area contributed by atoms with E-state index in [1.165, 1.54) is 20.1 Å². The van der Waals surface area contributed by atoms with Gasteiger partial charge in [0.15, 0.2) is 0 Å². The van der Waals surface area contributed by atoms with Crippen LogP contribution in [0.5, 0.6) is 0 Å². The van der Waals surface area contributed by atoms with E-state index in [4.69, 9.17) is 0 Å². The lowest BCUT2D eigenvalue weighted by Gasteiger charge is -2.12. The molecule has 0 amide bonds. The number of nitrogens with zero attached hydrogens (tertiary/aromatic N) is 1. The Morgan fingerprint density at radius 3 is 3.15 bits per heavy atom. The fourth-order valence-corrected chi connectivity index (χ4v) is 2.74. The molecule has 1 aromatic heterocycles. The summed E-state index contributed by atoms with van der Waals surface area (Å²) in [6, 6.07) is 4.28. The quantitative estimate of drug-likeness (QED) is 0.762. The third kappa shape index (κ3) is 1.97. The third-order valence-corrected chi connectivity index (χ3v) is 3.78. The molecular formula is C10H10BrNS. The van der Waals surface area contributed by atoms with Crippen LogP contribution in [-0.4, -0.2) is 4.98 Å². The molecular weight excluding hydrogens is 246 g/mol. The summed E-state index contributed by atoms with van der Waals surface area (Å²) in [7, 11) is 0. The number of hydrogen-bond donors (Lipinski definition) is 0. The number of thioether (sulfide) groups is 1. The molecule has 1 nitrogen and oxygen atoms in total. The lowest BCUT2D eigenvalue weighted by Crippen LogP contribution is -1.98. The van der Waals surface area contributed by atoms with Gasteiger partial charge in [-0.25, -0.2) is 0 Å². The third-order valence-electron chi connectivity index (χ3n) is 2.02. The Labute approximate surface area is 90.8 Å². The van der Waals surface area contributed by atoms with E-state index in [-0.39, 0.29) is 0 Å². The molecule has 0 fully saturated rings. The maximum Gasteiger partial charge on any atom is 0.0584 e. The Bertz CT molecular complexity index is 360. The molecule has 0 aromatic carbocycles. The number of hydrogen-bond acceptors (Lipinski definition) is 2. The highest BCUT2D eigenvalue weighted by Crippen LogP contribution is 2.36. The summed E-state index contributed by atoms with van der Waals surface area (Å²) >= 11 is 5.24. The van der Waals surface area contributed by atoms with Gasteiger partial charge >= 0.3 is 0 Å². The van der Waals surface area contributed by atoms with Crippen molar-refractivity contribution in [1.29, 1.82) is 0 Å². The second kappa shape index (κ2) is 3.84. The van der Waals surface area contributed by atoms with Gasteiger partial charge in [0, 0.05) is 17.0 Å². The van der Waals surface area contributed by atoms with Crippen molar-refractivity contribution in [1.82, 2.24) is 4.98 Å². The van der Waals surface area contributed by atoms with Gasteiger partial charge in [-0.3, -0.25) is 4.98 Å². The lowest BCUT2D eigenvalue weighted by atomic mass is 10.2. The average Bonchev–Trinajstić information content (AvgIpc) is 2.17. The Balaban J connectivity index is 2.36. The highest BCUT2D eigenvalue weighted by atomic mass is 79.9. The molecule has 1 aliphatic heterocycles. The van der Waals surface area contributed by atoms with Crippen LogP contribution in [0.1, 0.15) is 18.3 Å². The Morgan fingerprint density at radius 2 is 2.38 bits per heavy atom. The molecule has 1 aromatic rings. The first-order valence-electron chi connectivity index (χ1n) is 4.32. The first kappa shape index (κ1) is 9.28. The second-order valence-corrected chi connectivity index (χ2v) is 5.38. The number of pyridine rings is 1. The van der Waals surface area contributed by atoms with Crippen molar-refractivity contribution in [2.45, 2.75) is 24.7 Å². The number of rotatable bonds is 1. The molecule has 1 aliphatic rings. The van der Waals surface area contributed by atoms with E-state index >= 15 is 0 Å². The maximum absolute atomic E-state index is 4.58. The van der Waals surface area contributed by atoms with E-state index < -0.39 is 0 Å². The van der Waals surface area contributed by atoms with Gasteiger partial charge in [0.1, 0.15) is 0 Å². The highest BCUT2D eigenvalue weighted by molar-refractivity contribution is 9.14. The van der Waals surface area contributed by atoms with E-state index in [1.807, 2.05) is 0 Å². The molecule has 68 valence electrons. The summed E-state index contributed by atoms with van der Waals surface area (Å²) in [5.41, 5.74) is 2.40. The van der Waals surface area contributed by atoms with Crippen molar-refractivity contribution >= 4 is 27.7 Å². The minimum atomic E-state index is 0.955. The van der Waals surface area contributed by atoms with Crippen LogP contribution in [0, 0.1) is 0 Å².